The van der Waals surface area contributed by atoms with Gasteiger partial charge in [0.15, 0.2) is 0 Å². The number of rotatable bonds is 2. The Hall–Kier alpha value is -2.47. The Kier molecular flexibility index (Phi) is 4.02. The molecule has 3 heterocycles. The van der Waals surface area contributed by atoms with Crippen LogP contribution in [0.4, 0.5) is 0 Å². The second kappa shape index (κ2) is 6.11. The number of nitrogens with zero attached hydrogens (tertiary/aromatic N) is 2. The number of aromatic amines is 1. The number of hydrogen-bond acceptors (Lipinski definition) is 4. The lowest BCUT2D eigenvalue weighted by Gasteiger charge is -2.33. The minimum atomic E-state index is -0.350. The van der Waals surface area contributed by atoms with Crippen LogP contribution in [-0.4, -0.2) is 40.5 Å². The van der Waals surface area contributed by atoms with Crippen molar-refractivity contribution in [1.82, 2.24) is 14.9 Å². The van der Waals surface area contributed by atoms with E-state index < -0.39 is 0 Å². The Morgan fingerprint density at radius 2 is 2.09 bits per heavy atom. The second-order valence-electron chi connectivity index (χ2n) is 5.28. The molecular weight excluding hydrogens is 282 g/mol. The van der Waals surface area contributed by atoms with Crippen LogP contribution in [0.1, 0.15) is 27.7 Å². The maximum absolute atomic E-state index is 12.5. The van der Waals surface area contributed by atoms with Crippen molar-refractivity contribution in [3.63, 3.8) is 0 Å². The number of nitrogens with one attached hydrogen (secondary N) is 1. The number of carbonyl (C=O) groups is 1. The van der Waals surface area contributed by atoms with E-state index in [2.05, 4.69) is 9.97 Å². The van der Waals surface area contributed by atoms with E-state index >= 15 is 0 Å². The molecule has 6 heteroatoms. The molecule has 1 amide bonds. The molecule has 1 fully saturated rings. The zero-order chi connectivity index (χ0) is 15.5. The monoisotopic (exact) mass is 299 g/mol. The van der Waals surface area contributed by atoms with Gasteiger partial charge >= 0.3 is 0 Å². The third-order valence-corrected chi connectivity index (χ3v) is 3.72. The van der Waals surface area contributed by atoms with Crippen LogP contribution in [0.2, 0.25) is 0 Å². The fourth-order valence-corrected chi connectivity index (χ4v) is 2.52. The maximum atomic E-state index is 12.5. The first kappa shape index (κ1) is 14.5. The Bertz CT molecular complexity index is 727. The molecular formula is C16H17N3O3. The van der Waals surface area contributed by atoms with Gasteiger partial charge in [-0.15, -0.1) is 0 Å². The van der Waals surface area contributed by atoms with Gasteiger partial charge in [-0.1, -0.05) is 0 Å². The van der Waals surface area contributed by atoms with Crippen LogP contribution in [0.5, 0.6) is 0 Å². The summed E-state index contributed by atoms with van der Waals surface area (Å²) < 4.78 is 5.72. The quantitative estimate of drug-likeness (QED) is 0.906. The molecule has 1 aliphatic heterocycles. The number of amides is 1. The molecule has 1 aliphatic rings. The molecule has 0 unspecified atom stereocenters. The van der Waals surface area contributed by atoms with E-state index in [0.29, 0.717) is 19.7 Å². The zero-order valence-corrected chi connectivity index (χ0v) is 12.3. The summed E-state index contributed by atoms with van der Waals surface area (Å²) in [5.74, 6) is -0.261. The van der Waals surface area contributed by atoms with Crippen LogP contribution in [0.3, 0.4) is 0 Å². The second-order valence-corrected chi connectivity index (χ2v) is 5.28. The third-order valence-electron chi connectivity index (χ3n) is 3.72. The van der Waals surface area contributed by atoms with E-state index in [0.717, 1.165) is 11.3 Å². The summed E-state index contributed by atoms with van der Waals surface area (Å²) in [7, 11) is 0. The van der Waals surface area contributed by atoms with Crippen molar-refractivity contribution >= 4 is 5.91 Å². The molecule has 0 spiro atoms. The number of pyridine rings is 2. The van der Waals surface area contributed by atoms with Gasteiger partial charge in [0, 0.05) is 24.6 Å². The Morgan fingerprint density at radius 1 is 1.32 bits per heavy atom. The fraction of sp³-hybridized carbons (Fsp3) is 0.312. The van der Waals surface area contributed by atoms with E-state index in [9.17, 15) is 9.59 Å². The predicted octanol–water partition coefficient (Wildman–Crippen LogP) is 1.29. The summed E-state index contributed by atoms with van der Waals surface area (Å²) in [6.07, 6.45) is 3.21. The topological polar surface area (TPSA) is 75.3 Å². The minimum absolute atomic E-state index is 0.168. The smallest absolute Gasteiger partial charge is 0.260 e. The van der Waals surface area contributed by atoms with Gasteiger partial charge < -0.3 is 14.6 Å². The molecule has 1 atom stereocenters. The van der Waals surface area contributed by atoms with Gasteiger partial charge in [-0.25, -0.2) is 0 Å². The number of morpholine rings is 1. The molecule has 1 N–H and O–H groups in total. The molecule has 0 saturated carbocycles. The van der Waals surface area contributed by atoms with Crippen molar-refractivity contribution in [1.29, 1.82) is 0 Å². The number of ether oxygens (including phenoxy) is 1. The SMILES string of the molecule is Cc1ccc(C(=O)N2CCO[C@H](c3ccncc3)C2)c(=O)[nH]1. The number of carbonyl (C=O) groups excluding carboxylic acids is 1. The lowest BCUT2D eigenvalue weighted by Crippen LogP contribution is -2.43. The minimum Gasteiger partial charge on any atom is -0.370 e. The van der Waals surface area contributed by atoms with Crippen molar-refractivity contribution in [2.45, 2.75) is 13.0 Å². The molecule has 2 aromatic rings. The number of hydrogen-bond donors (Lipinski definition) is 1. The standard InChI is InChI=1S/C16H17N3O3/c1-11-2-3-13(15(20)18-11)16(21)19-8-9-22-14(10-19)12-4-6-17-7-5-12/h2-7,14H,8-10H2,1H3,(H,18,20)/t14-/m0/s1. The maximum Gasteiger partial charge on any atom is 0.260 e. The van der Waals surface area contributed by atoms with Crippen molar-refractivity contribution < 1.29 is 9.53 Å². The van der Waals surface area contributed by atoms with Crippen LogP contribution < -0.4 is 5.56 Å². The average molecular weight is 299 g/mol. The summed E-state index contributed by atoms with van der Waals surface area (Å²) in [6.45, 7) is 3.14. The summed E-state index contributed by atoms with van der Waals surface area (Å²) >= 11 is 0. The van der Waals surface area contributed by atoms with Crippen LogP contribution in [0.25, 0.3) is 0 Å². The first-order valence-corrected chi connectivity index (χ1v) is 7.16. The van der Waals surface area contributed by atoms with E-state index in [-0.39, 0.29) is 23.1 Å². The first-order valence-electron chi connectivity index (χ1n) is 7.16. The van der Waals surface area contributed by atoms with Crippen LogP contribution in [-0.2, 0) is 4.74 Å². The van der Waals surface area contributed by atoms with E-state index in [4.69, 9.17) is 4.74 Å². The van der Waals surface area contributed by atoms with E-state index in [1.54, 1.807) is 36.4 Å². The number of aryl methyl sites for hydroxylation is 1. The Morgan fingerprint density at radius 3 is 2.82 bits per heavy atom. The molecule has 22 heavy (non-hydrogen) atoms. The lowest BCUT2D eigenvalue weighted by atomic mass is 10.1. The van der Waals surface area contributed by atoms with Gasteiger partial charge in [0.25, 0.3) is 11.5 Å². The molecule has 0 aliphatic carbocycles. The highest BCUT2D eigenvalue weighted by Gasteiger charge is 2.27. The Balaban J connectivity index is 1.80. The highest BCUT2D eigenvalue weighted by Crippen LogP contribution is 2.22. The molecule has 6 nitrogen and oxygen atoms in total. The fourth-order valence-electron chi connectivity index (χ4n) is 2.52. The van der Waals surface area contributed by atoms with Gasteiger partial charge in [0.1, 0.15) is 11.7 Å². The molecule has 3 rings (SSSR count). The van der Waals surface area contributed by atoms with Gasteiger partial charge in [-0.2, -0.15) is 0 Å². The van der Waals surface area contributed by atoms with Crippen molar-refractivity contribution in [3.8, 4) is 0 Å². The zero-order valence-electron chi connectivity index (χ0n) is 12.3. The van der Waals surface area contributed by atoms with Crippen LogP contribution in [0.15, 0.2) is 41.5 Å². The van der Waals surface area contributed by atoms with Gasteiger partial charge in [0.05, 0.1) is 13.2 Å². The van der Waals surface area contributed by atoms with Crippen molar-refractivity contribution in [3.05, 3.63) is 63.8 Å². The predicted molar refractivity (Wildman–Crippen MR) is 80.6 cm³/mol. The van der Waals surface area contributed by atoms with Gasteiger partial charge in [0.2, 0.25) is 0 Å². The lowest BCUT2D eigenvalue weighted by molar-refractivity contribution is -0.0229. The van der Waals surface area contributed by atoms with Crippen LogP contribution >= 0.6 is 0 Å². The summed E-state index contributed by atoms with van der Waals surface area (Å²) in [5.41, 5.74) is 1.53. The van der Waals surface area contributed by atoms with E-state index in [1.807, 2.05) is 12.1 Å². The first-order chi connectivity index (χ1) is 10.6. The number of H-pyrrole nitrogens is 1. The molecule has 114 valence electrons. The largest absolute Gasteiger partial charge is 0.370 e. The molecule has 0 bridgehead atoms. The van der Waals surface area contributed by atoms with Crippen molar-refractivity contribution in [2.24, 2.45) is 0 Å². The molecule has 0 radical (unpaired) electrons. The molecule has 2 aromatic heterocycles. The van der Waals surface area contributed by atoms with Crippen LogP contribution in [0, 0.1) is 6.92 Å². The highest BCUT2D eigenvalue weighted by molar-refractivity contribution is 5.93. The van der Waals surface area contributed by atoms with Gasteiger partial charge in [-0.3, -0.25) is 14.6 Å². The average Bonchev–Trinajstić information content (AvgIpc) is 2.55. The van der Waals surface area contributed by atoms with E-state index in [1.165, 1.54) is 0 Å². The summed E-state index contributed by atoms with van der Waals surface area (Å²) in [4.78, 5) is 32.8. The van der Waals surface area contributed by atoms with Crippen molar-refractivity contribution in [2.75, 3.05) is 19.7 Å². The normalized spacial score (nSPS) is 18.2. The summed E-state index contributed by atoms with van der Waals surface area (Å²) in [5, 5.41) is 0. The summed E-state index contributed by atoms with van der Waals surface area (Å²) in [6, 6.07) is 7.05. The van der Waals surface area contributed by atoms with Gasteiger partial charge in [-0.05, 0) is 36.8 Å². The Labute approximate surface area is 127 Å². The number of aromatic nitrogens is 2. The third kappa shape index (κ3) is 2.92. The molecule has 1 saturated heterocycles. The molecule has 0 aromatic carbocycles. The highest BCUT2D eigenvalue weighted by atomic mass is 16.5.